The van der Waals surface area contributed by atoms with E-state index in [0.29, 0.717) is 18.6 Å². The molecule has 1 unspecified atom stereocenters. The van der Waals surface area contributed by atoms with Gasteiger partial charge in [0.15, 0.2) is 5.78 Å². The van der Waals surface area contributed by atoms with Crippen LogP contribution in [0.2, 0.25) is 0 Å². The first-order valence-corrected chi connectivity index (χ1v) is 7.48. The highest BCUT2D eigenvalue weighted by Gasteiger charge is 2.21. The number of rotatable bonds is 7. The molecule has 23 heavy (non-hydrogen) atoms. The fourth-order valence-corrected chi connectivity index (χ4v) is 1.94. The molecular formula is C17H24FNO4. The minimum atomic E-state index is -0.614. The number of methoxy groups -OCH3 is 1. The van der Waals surface area contributed by atoms with Gasteiger partial charge >= 0.3 is 6.09 Å². The molecule has 0 aliphatic heterocycles. The van der Waals surface area contributed by atoms with Gasteiger partial charge in [0.25, 0.3) is 0 Å². The fraction of sp³-hybridized carbons (Fsp3) is 0.529. The van der Waals surface area contributed by atoms with Crippen molar-refractivity contribution in [2.24, 2.45) is 0 Å². The van der Waals surface area contributed by atoms with Gasteiger partial charge in [-0.05, 0) is 51.5 Å². The van der Waals surface area contributed by atoms with Gasteiger partial charge in [0.2, 0.25) is 0 Å². The highest BCUT2D eigenvalue weighted by Crippen LogP contribution is 2.11. The molecule has 0 fully saturated rings. The minimum absolute atomic E-state index is 0.0915. The molecule has 1 amide bonds. The van der Waals surface area contributed by atoms with E-state index in [0.717, 1.165) is 0 Å². The van der Waals surface area contributed by atoms with Crippen LogP contribution in [-0.2, 0) is 9.47 Å². The number of carbonyl (C=O) groups is 2. The number of hydrogen-bond acceptors (Lipinski definition) is 4. The molecule has 0 radical (unpaired) electrons. The van der Waals surface area contributed by atoms with Crippen LogP contribution in [0.5, 0.6) is 0 Å². The van der Waals surface area contributed by atoms with Gasteiger partial charge in [-0.1, -0.05) is 0 Å². The summed E-state index contributed by atoms with van der Waals surface area (Å²) in [5.41, 5.74) is -0.212. The Bertz CT molecular complexity index is 522. The number of nitrogens with one attached hydrogen (secondary N) is 1. The summed E-state index contributed by atoms with van der Waals surface area (Å²) in [4.78, 5) is 24.1. The van der Waals surface area contributed by atoms with E-state index < -0.39 is 23.6 Å². The first-order valence-electron chi connectivity index (χ1n) is 7.48. The lowest BCUT2D eigenvalue weighted by molar-refractivity contribution is 0.0490. The summed E-state index contributed by atoms with van der Waals surface area (Å²) in [6, 6.07) is 4.91. The van der Waals surface area contributed by atoms with E-state index in [1.807, 2.05) is 0 Å². The van der Waals surface area contributed by atoms with Gasteiger partial charge in [-0.3, -0.25) is 4.79 Å². The standard InChI is InChI=1S/C17H24FNO4/c1-17(2,3)23-16(21)19-14(9-10-22-4)11-15(20)12-5-7-13(18)8-6-12/h5-8,14H,9-11H2,1-4H3,(H,19,21). The van der Waals surface area contributed by atoms with E-state index in [1.54, 1.807) is 27.9 Å². The van der Waals surface area contributed by atoms with Crippen molar-refractivity contribution in [3.8, 4) is 0 Å². The lowest BCUT2D eigenvalue weighted by Crippen LogP contribution is -2.40. The molecule has 0 aromatic heterocycles. The van der Waals surface area contributed by atoms with Crippen LogP contribution in [-0.4, -0.2) is 37.2 Å². The van der Waals surface area contributed by atoms with Crippen molar-refractivity contribution in [2.75, 3.05) is 13.7 Å². The molecule has 0 aliphatic carbocycles. The molecule has 5 nitrogen and oxygen atoms in total. The topological polar surface area (TPSA) is 64.6 Å². The summed E-state index contributed by atoms with van der Waals surface area (Å²) in [6.45, 7) is 5.69. The zero-order valence-electron chi connectivity index (χ0n) is 14.0. The number of alkyl carbamates (subject to hydrolysis) is 1. The maximum Gasteiger partial charge on any atom is 0.407 e. The Hall–Kier alpha value is -1.95. The Kier molecular flexibility index (Phi) is 7.16. The Morgan fingerprint density at radius 2 is 1.83 bits per heavy atom. The molecule has 0 bridgehead atoms. The van der Waals surface area contributed by atoms with Crippen molar-refractivity contribution in [1.82, 2.24) is 5.32 Å². The molecule has 1 atom stereocenters. The number of ether oxygens (including phenoxy) is 2. The monoisotopic (exact) mass is 325 g/mol. The number of Topliss-reactive ketones (excluding diaryl/α,β-unsaturated/α-hetero) is 1. The van der Waals surface area contributed by atoms with E-state index >= 15 is 0 Å². The lowest BCUT2D eigenvalue weighted by Gasteiger charge is -2.23. The van der Waals surface area contributed by atoms with Gasteiger partial charge in [0, 0.05) is 31.7 Å². The Morgan fingerprint density at radius 3 is 2.35 bits per heavy atom. The largest absolute Gasteiger partial charge is 0.444 e. The Labute approximate surface area is 136 Å². The molecule has 1 aromatic carbocycles. The second kappa shape index (κ2) is 8.62. The lowest BCUT2D eigenvalue weighted by atomic mass is 10.0. The number of carbonyl (C=O) groups excluding carboxylic acids is 2. The van der Waals surface area contributed by atoms with Crippen LogP contribution >= 0.6 is 0 Å². The Balaban J connectivity index is 2.68. The van der Waals surface area contributed by atoms with Crippen LogP contribution in [0.25, 0.3) is 0 Å². The summed E-state index contributed by atoms with van der Waals surface area (Å²) >= 11 is 0. The molecule has 0 aliphatic rings. The van der Waals surface area contributed by atoms with Crippen LogP contribution < -0.4 is 5.32 Å². The second-order valence-electron chi connectivity index (χ2n) is 6.26. The van der Waals surface area contributed by atoms with Crippen molar-refractivity contribution in [2.45, 2.75) is 45.3 Å². The first kappa shape index (κ1) is 19.1. The maximum absolute atomic E-state index is 12.9. The van der Waals surface area contributed by atoms with Crippen molar-refractivity contribution in [3.05, 3.63) is 35.6 Å². The summed E-state index contributed by atoms with van der Waals surface area (Å²) in [5, 5.41) is 2.68. The summed E-state index contributed by atoms with van der Waals surface area (Å²) in [5.74, 6) is -0.577. The average molecular weight is 325 g/mol. The highest BCUT2D eigenvalue weighted by atomic mass is 19.1. The molecule has 0 spiro atoms. The summed E-state index contributed by atoms with van der Waals surface area (Å²) in [7, 11) is 1.55. The Morgan fingerprint density at radius 1 is 1.22 bits per heavy atom. The fourth-order valence-electron chi connectivity index (χ4n) is 1.94. The number of halogens is 1. The van der Waals surface area contributed by atoms with Crippen LogP contribution in [0.1, 0.15) is 44.0 Å². The molecular weight excluding hydrogens is 301 g/mol. The first-order chi connectivity index (χ1) is 10.7. The van der Waals surface area contributed by atoms with Crippen molar-refractivity contribution >= 4 is 11.9 Å². The molecule has 0 saturated carbocycles. The van der Waals surface area contributed by atoms with Crippen LogP contribution in [0.4, 0.5) is 9.18 Å². The SMILES string of the molecule is COCCC(CC(=O)c1ccc(F)cc1)NC(=O)OC(C)(C)C. The van der Waals surface area contributed by atoms with Crippen molar-refractivity contribution in [3.63, 3.8) is 0 Å². The van der Waals surface area contributed by atoms with E-state index in [4.69, 9.17) is 9.47 Å². The zero-order chi connectivity index (χ0) is 17.5. The third-order valence-corrected chi connectivity index (χ3v) is 2.99. The van der Waals surface area contributed by atoms with E-state index in [2.05, 4.69) is 5.32 Å². The molecule has 6 heteroatoms. The average Bonchev–Trinajstić information content (AvgIpc) is 2.43. The molecule has 1 N–H and O–H groups in total. The van der Waals surface area contributed by atoms with Gasteiger partial charge in [-0.25, -0.2) is 9.18 Å². The minimum Gasteiger partial charge on any atom is -0.444 e. The van der Waals surface area contributed by atoms with Crippen LogP contribution in [0.3, 0.4) is 0 Å². The molecule has 0 heterocycles. The molecule has 1 aromatic rings. The van der Waals surface area contributed by atoms with E-state index in [-0.39, 0.29) is 12.2 Å². The summed E-state index contributed by atoms with van der Waals surface area (Å²) < 4.78 is 23.1. The number of benzene rings is 1. The predicted octanol–water partition coefficient (Wildman–Crippen LogP) is 3.33. The molecule has 0 saturated heterocycles. The second-order valence-corrected chi connectivity index (χ2v) is 6.26. The van der Waals surface area contributed by atoms with E-state index in [9.17, 15) is 14.0 Å². The third-order valence-electron chi connectivity index (χ3n) is 2.99. The highest BCUT2D eigenvalue weighted by molar-refractivity contribution is 5.96. The zero-order valence-corrected chi connectivity index (χ0v) is 14.0. The quantitative estimate of drug-likeness (QED) is 0.781. The number of amides is 1. The molecule has 1 rings (SSSR count). The van der Waals surface area contributed by atoms with Gasteiger partial charge in [-0.15, -0.1) is 0 Å². The summed E-state index contributed by atoms with van der Waals surface area (Å²) in [6.07, 6.45) is -0.0119. The van der Waals surface area contributed by atoms with Gasteiger partial charge < -0.3 is 14.8 Å². The molecule has 128 valence electrons. The van der Waals surface area contributed by atoms with Crippen molar-refractivity contribution in [1.29, 1.82) is 0 Å². The van der Waals surface area contributed by atoms with E-state index in [1.165, 1.54) is 24.3 Å². The van der Waals surface area contributed by atoms with Crippen LogP contribution in [0, 0.1) is 5.82 Å². The predicted molar refractivity (Wildman–Crippen MR) is 85.0 cm³/mol. The number of ketones is 1. The van der Waals surface area contributed by atoms with Gasteiger partial charge in [-0.2, -0.15) is 0 Å². The third kappa shape index (κ3) is 7.74. The normalized spacial score (nSPS) is 12.6. The maximum atomic E-state index is 12.9. The van der Waals surface area contributed by atoms with Gasteiger partial charge in [0.1, 0.15) is 11.4 Å². The smallest absolute Gasteiger partial charge is 0.407 e. The van der Waals surface area contributed by atoms with Gasteiger partial charge in [0.05, 0.1) is 0 Å². The van der Waals surface area contributed by atoms with Crippen molar-refractivity contribution < 1.29 is 23.5 Å². The van der Waals surface area contributed by atoms with Crippen LogP contribution in [0.15, 0.2) is 24.3 Å². The number of hydrogen-bond donors (Lipinski definition) is 1.